The third-order valence-corrected chi connectivity index (χ3v) is 5.87. The van der Waals surface area contributed by atoms with Crippen molar-refractivity contribution in [3.63, 3.8) is 0 Å². The molecule has 2 aromatic carbocycles. The van der Waals surface area contributed by atoms with Crippen molar-refractivity contribution in [3.05, 3.63) is 89.7 Å². The van der Waals surface area contributed by atoms with Gasteiger partial charge in [0.05, 0.1) is 6.54 Å². The third kappa shape index (κ3) is 4.93. The number of aryl methyl sites for hydroxylation is 1. The largest absolute Gasteiger partial charge is 0.422 e. The maximum Gasteiger partial charge on any atom is 0.422 e. The van der Waals surface area contributed by atoms with Crippen LogP contribution in [0.5, 0.6) is 0 Å². The molecule has 0 spiro atoms. The average molecular weight is 523 g/mol. The fourth-order valence-corrected chi connectivity index (χ4v) is 3.85. The van der Waals surface area contributed by atoms with Crippen LogP contribution in [0.15, 0.2) is 82.0 Å². The highest BCUT2D eigenvalue weighted by Crippen LogP contribution is 2.43. The number of benzene rings is 2. The van der Waals surface area contributed by atoms with E-state index in [1.54, 1.807) is 18.2 Å². The number of hydrogen-bond acceptors (Lipinski definition) is 7. The number of halogens is 3. The Kier molecular flexibility index (Phi) is 6.55. The summed E-state index contributed by atoms with van der Waals surface area (Å²) in [5.74, 6) is -1.79. The highest BCUT2D eigenvalue weighted by Gasteiger charge is 2.43. The maximum atomic E-state index is 13.9. The molecule has 194 valence electrons. The molecule has 38 heavy (non-hydrogen) atoms. The van der Waals surface area contributed by atoms with Gasteiger partial charge >= 0.3 is 6.18 Å². The molecule has 1 amide bonds. The van der Waals surface area contributed by atoms with Gasteiger partial charge in [-0.3, -0.25) is 4.79 Å². The summed E-state index contributed by atoms with van der Waals surface area (Å²) in [7, 11) is 1.84. The zero-order valence-corrected chi connectivity index (χ0v) is 19.8. The smallest absolute Gasteiger partial charge is 0.378 e. The van der Waals surface area contributed by atoms with E-state index in [9.17, 15) is 23.1 Å². The first-order valence-corrected chi connectivity index (χ1v) is 11.3. The first-order valence-electron chi connectivity index (χ1n) is 11.3. The summed E-state index contributed by atoms with van der Waals surface area (Å²) < 4.78 is 53.7. The SMILES string of the molecule is Cn1cccc1CNC(=O)[C@@H](O)c1ccc(-c2noc(-c3onc(-c4ccccc4)c3C(F)(F)F)n2)cc1. The van der Waals surface area contributed by atoms with Gasteiger partial charge in [0.15, 0.2) is 6.10 Å². The maximum absolute atomic E-state index is 13.9. The minimum atomic E-state index is -4.80. The molecule has 0 saturated heterocycles. The van der Waals surface area contributed by atoms with Crippen LogP contribution in [0.1, 0.15) is 22.9 Å². The second-order valence-electron chi connectivity index (χ2n) is 8.38. The molecule has 0 saturated carbocycles. The van der Waals surface area contributed by atoms with Gasteiger partial charge in [0.2, 0.25) is 11.6 Å². The molecule has 5 rings (SSSR count). The summed E-state index contributed by atoms with van der Waals surface area (Å²) in [6.45, 7) is 0.247. The van der Waals surface area contributed by atoms with E-state index in [0.717, 1.165) is 5.69 Å². The van der Waals surface area contributed by atoms with Gasteiger partial charge in [-0.05, 0) is 17.7 Å². The third-order valence-electron chi connectivity index (χ3n) is 5.87. The molecule has 0 aliphatic carbocycles. The van der Waals surface area contributed by atoms with Crippen molar-refractivity contribution in [2.24, 2.45) is 7.05 Å². The van der Waals surface area contributed by atoms with E-state index in [0.29, 0.717) is 11.1 Å². The summed E-state index contributed by atoms with van der Waals surface area (Å²) in [4.78, 5) is 16.4. The van der Waals surface area contributed by atoms with Crippen LogP contribution < -0.4 is 5.32 Å². The molecule has 0 bridgehead atoms. The number of hydrogen-bond donors (Lipinski definition) is 2. The number of nitrogens with zero attached hydrogens (tertiary/aromatic N) is 4. The Labute approximate surface area is 213 Å². The van der Waals surface area contributed by atoms with Crippen molar-refractivity contribution in [1.82, 2.24) is 25.2 Å². The summed E-state index contributed by atoms with van der Waals surface area (Å²) in [6, 6.07) is 17.5. The monoisotopic (exact) mass is 523 g/mol. The quantitative estimate of drug-likeness (QED) is 0.316. The average Bonchev–Trinajstić information content (AvgIpc) is 3.66. The Morgan fingerprint density at radius 3 is 2.39 bits per heavy atom. The van der Waals surface area contributed by atoms with Crippen LogP contribution in [0, 0.1) is 0 Å². The molecule has 5 aromatic rings. The fourth-order valence-electron chi connectivity index (χ4n) is 3.85. The van der Waals surface area contributed by atoms with Crippen LogP contribution in [-0.2, 0) is 24.6 Å². The van der Waals surface area contributed by atoms with Gasteiger partial charge in [0.1, 0.15) is 11.3 Å². The second-order valence-corrected chi connectivity index (χ2v) is 8.38. The lowest BCUT2D eigenvalue weighted by Gasteiger charge is -2.12. The van der Waals surface area contributed by atoms with Crippen LogP contribution >= 0.6 is 0 Å². The summed E-state index contributed by atoms with van der Waals surface area (Å²) in [6.07, 6.45) is -4.38. The molecular weight excluding hydrogens is 503 g/mol. The molecule has 2 N–H and O–H groups in total. The number of aliphatic hydroxyl groups excluding tert-OH is 1. The molecular formula is C26H20F3N5O4. The number of aromatic nitrogens is 4. The Morgan fingerprint density at radius 2 is 1.74 bits per heavy atom. The van der Waals surface area contributed by atoms with Crippen LogP contribution in [-0.4, -0.2) is 30.9 Å². The highest BCUT2D eigenvalue weighted by molar-refractivity contribution is 5.82. The number of carbonyl (C=O) groups excluding carboxylic acids is 1. The second kappa shape index (κ2) is 9.98. The zero-order valence-electron chi connectivity index (χ0n) is 19.8. The van der Waals surface area contributed by atoms with Gasteiger partial charge in [-0.1, -0.05) is 64.9 Å². The molecule has 1 atom stereocenters. The molecule has 0 aliphatic rings. The van der Waals surface area contributed by atoms with Crippen molar-refractivity contribution in [3.8, 4) is 34.3 Å². The minimum absolute atomic E-state index is 0.0139. The molecule has 3 heterocycles. The van der Waals surface area contributed by atoms with Gasteiger partial charge in [0, 0.05) is 30.1 Å². The molecule has 0 aliphatic heterocycles. The molecule has 0 unspecified atom stereocenters. The van der Waals surface area contributed by atoms with E-state index < -0.39 is 41.1 Å². The minimum Gasteiger partial charge on any atom is -0.378 e. The lowest BCUT2D eigenvalue weighted by atomic mass is 10.1. The number of amides is 1. The van der Waals surface area contributed by atoms with Gasteiger partial charge in [-0.15, -0.1) is 0 Å². The van der Waals surface area contributed by atoms with E-state index in [4.69, 9.17) is 9.05 Å². The number of nitrogens with one attached hydrogen (secondary N) is 1. The Balaban J connectivity index is 1.35. The van der Waals surface area contributed by atoms with Crippen molar-refractivity contribution in [2.45, 2.75) is 18.8 Å². The predicted octanol–water partition coefficient (Wildman–Crippen LogP) is 4.77. The first-order chi connectivity index (χ1) is 18.2. The molecule has 12 heteroatoms. The van der Waals surface area contributed by atoms with Gasteiger partial charge < -0.3 is 24.0 Å². The summed E-state index contributed by atoms with van der Waals surface area (Å²) >= 11 is 0. The molecule has 0 fully saturated rings. The van der Waals surface area contributed by atoms with Crippen LogP contribution in [0.25, 0.3) is 34.3 Å². The number of aliphatic hydroxyl groups is 1. The Bertz CT molecular complexity index is 1560. The summed E-state index contributed by atoms with van der Waals surface area (Å²) in [5, 5.41) is 20.4. The number of carbonyl (C=O) groups is 1. The van der Waals surface area contributed by atoms with Crippen molar-refractivity contribution >= 4 is 5.91 Å². The molecule has 9 nitrogen and oxygen atoms in total. The Hall–Kier alpha value is -4.71. The number of rotatable bonds is 7. The molecule has 0 radical (unpaired) electrons. The zero-order chi connectivity index (χ0) is 26.9. The van der Waals surface area contributed by atoms with Crippen molar-refractivity contribution < 1.29 is 32.1 Å². The first kappa shape index (κ1) is 25.0. The van der Waals surface area contributed by atoms with Crippen molar-refractivity contribution in [2.75, 3.05) is 0 Å². The highest BCUT2D eigenvalue weighted by atomic mass is 19.4. The Morgan fingerprint density at radius 1 is 1.00 bits per heavy atom. The van der Waals surface area contributed by atoms with Crippen LogP contribution in [0.2, 0.25) is 0 Å². The standard InChI is InChI=1S/C26H20F3N5O4/c1-34-13-5-8-18(34)14-30-24(36)21(35)16-9-11-17(12-10-16)23-31-25(38-33-23)22-19(26(27,28)29)20(32-37-22)15-6-3-2-4-7-15/h2-13,21,35H,14H2,1H3,(H,30,36)/t21-/m0/s1. The summed E-state index contributed by atoms with van der Waals surface area (Å²) in [5.41, 5.74) is 0.261. The molecule has 3 aromatic heterocycles. The van der Waals surface area contributed by atoms with Crippen LogP contribution in [0.3, 0.4) is 0 Å². The van der Waals surface area contributed by atoms with Gasteiger partial charge in [0.25, 0.3) is 11.8 Å². The van der Waals surface area contributed by atoms with E-state index in [1.165, 1.54) is 36.4 Å². The fraction of sp³-hybridized carbons (Fsp3) is 0.154. The van der Waals surface area contributed by atoms with E-state index >= 15 is 0 Å². The van der Waals surface area contributed by atoms with Crippen LogP contribution in [0.4, 0.5) is 13.2 Å². The van der Waals surface area contributed by atoms with Crippen molar-refractivity contribution in [1.29, 1.82) is 0 Å². The normalized spacial score (nSPS) is 12.4. The van der Waals surface area contributed by atoms with E-state index in [-0.39, 0.29) is 17.9 Å². The van der Waals surface area contributed by atoms with Gasteiger partial charge in [-0.2, -0.15) is 18.2 Å². The number of alkyl halides is 3. The van der Waals surface area contributed by atoms with E-state index in [1.807, 2.05) is 29.9 Å². The van der Waals surface area contributed by atoms with Gasteiger partial charge in [-0.25, -0.2) is 0 Å². The lowest BCUT2D eigenvalue weighted by Crippen LogP contribution is -2.29. The van der Waals surface area contributed by atoms with E-state index in [2.05, 4.69) is 20.6 Å². The topological polar surface area (TPSA) is 119 Å². The lowest BCUT2D eigenvalue weighted by molar-refractivity contribution is -0.137. The predicted molar refractivity (Wildman–Crippen MR) is 128 cm³/mol.